The van der Waals surface area contributed by atoms with Crippen molar-refractivity contribution < 1.29 is 19.1 Å². The van der Waals surface area contributed by atoms with Gasteiger partial charge < -0.3 is 14.4 Å². The van der Waals surface area contributed by atoms with E-state index >= 15 is 0 Å². The average Bonchev–Trinajstić information content (AvgIpc) is 3.29. The molecule has 3 atom stereocenters. The molecule has 4 rings (SSSR count). The van der Waals surface area contributed by atoms with Gasteiger partial charge in [-0.1, -0.05) is 92.7 Å². The van der Waals surface area contributed by atoms with Crippen molar-refractivity contribution in [3.8, 4) is 5.75 Å². The Bertz CT molecular complexity index is 1130. The molecule has 5 nitrogen and oxygen atoms in total. The van der Waals surface area contributed by atoms with Crippen molar-refractivity contribution in [2.75, 3.05) is 6.61 Å². The summed E-state index contributed by atoms with van der Waals surface area (Å²) in [5, 5.41) is 0. The van der Waals surface area contributed by atoms with E-state index in [9.17, 15) is 9.59 Å². The van der Waals surface area contributed by atoms with Crippen LogP contribution in [0.25, 0.3) is 0 Å². The third-order valence-electron chi connectivity index (χ3n) is 6.57. The van der Waals surface area contributed by atoms with Gasteiger partial charge in [0.2, 0.25) is 5.91 Å². The van der Waals surface area contributed by atoms with Gasteiger partial charge in [-0.25, -0.2) is 0 Å². The number of rotatable bonds is 9. The lowest BCUT2D eigenvalue weighted by molar-refractivity contribution is -0.143. The number of amides is 1. The Kier molecular flexibility index (Phi) is 7.98. The minimum Gasteiger partial charge on any atom is -0.488 e. The molecule has 0 bridgehead atoms. The fourth-order valence-electron chi connectivity index (χ4n) is 4.65. The second-order valence-electron chi connectivity index (χ2n) is 9.37. The normalized spacial score (nSPS) is 18.5. The fourth-order valence-corrected chi connectivity index (χ4v) is 4.65. The van der Waals surface area contributed by atoms with Crippen molar-refractivity contribution in [2.24, 2.45) is 0 Å². The number of carbonyl (C=O) groups is 2. The Hall–Kier alpha value is -3.44. The number of nitrogens with zero attached hydrogens (tertiary/aromatic N) is 1. The van der Waals surface area contributed by atoms with Gasteiger partial charge in [-0.05, 0) is 36.0 Å². The van der Waals surface area contributed by atoms with E-state index in [4.69, 9.17) is 9.47 Å². The van der Waals surface area contributed by atoms with E-state index in [-0.39, 0.29) is 17.9 Å². The number of para-hydroxylation sites is 1. The molecule has 5 heteroatoms. The van der Waals surface area contributed by atoms with Crippen LogP contribution in [-0.2, 0) is 27.4 Å². The molecular formula is C30H33NO4. The lowest BCUT2D eigenvalue weighted by atomic mass is 9.91. The van der Waals surface area contributed by atoms with Crippen molar-refractivity contribution in [1.29, 1.82) is 0 Å². The van der Waals surface area contributed by atoms with Crippen molar-refractivity contribution in [1.82, 2.24) is 4.90 Å². The van der Waals surface area contributed by atoms with E-state index in [0.29, 0.717) is 25.9 Å². The third-order valence-corrected chi connectivity index (χ3v) is 6.57. The summed E-state index contributed by atoms with van der Waals surface area (Å²) in [6.07, 6.45) is 0.473. The molecule has 1 amide bonds. The van der Waals surface area contributed by atoms with Crippen LogP contribution in [0, 0.1) is 0 Å². The van der Waals surface area contributed by atoms with Gasteiger partial charge in [0.1, 0.15) is 12.4 Å². The lowest BCUT2D eigenvalue weighted by Gasteiger charge is -2.30. The molecule has 1 saturated heterocycles. The molecule has 1 aliphatic rings. The molecule has 0 radical (unpaired) electrons. The summed E-state index contributed by atoms with van der Waals surface area (Å²) >= 11 is 0. The van der Waals surface area contributed by atoms with Gasteiger partial charge in [-0.2, -0.15) is 0 Å². The summed E-state index contributed by atoms with van der Waals surface area (Å²) < 4.78 is 12.1. The third kappa shape index (κ3) is 5.63. The van der Waals surface area contributed by atoms with Crippen molar-refractivity contribution in [3.05, 3.63) is 101 Å². The maximum absolute atomic E-state index is 13.9. The molecule has 0 aliphatic carbocycles. The molecule has 2 unspecified atom stereocenters. The zero-order valence-electron chi connectivity index (χ0n) is 20.6. The van der Waals surface area contributed by atoms with Crippen molar-refractivity contribution in [2.45, 2.75) is 57.9 Å². The van der Waals surface area contributed by atoms with Crippen LogP contribution in [0.3, 0.4) is 0 Å². The summed E-state index contributed by atoms with van der Waals surface area (Å²) in [5.41, 5.74) is 4.05. The predicted octanol–water partition coefficient (Wildman–Crippen LogP) is 5.49. The minimum absolute atomic E-state index is 0.133. The monoisotopic (exact) mass is 471 g/mol. The number of ether oxygens (including phenoxy) is 2. The van der Waals surface area contributed by atoms with Gasteiger partial charge in [0, 0.05) is 5.56 Å². The second-order valence-corrected chi connectivity index (χ2v) is 9.37. The largest absolute Gasteiger partial charge is 0.488 e. The van der Waals surface area contributed by atoms with Crippen LogP contribution >= 0.6 is 0 Å². The Morgan fingerprint density at radius 2 is 1.57 bits per heavy atom. The Morgan fingerprint density at radius 1 is 0.943 bits per heavy atom. The molecular weight excluding hydrogens is 438 g/mol. The SMILES string of the molecule is CC(C)c1cccc([C@@H](C)C(=O)N2C(Cc3ccccc3)COC2C=O)c1OCc1ccccc1. The second kappa shape index (κ2) is 11.3. The van der Waals surface area contributed by atoms with Crippen LogP contribution in [0.2, 0.25) is 0 Å². The Labute approximate surface area is 207 Å². The first kappa shape index (κ1) is 24.7. The molecule has 0 N–H and O–H groups in total. The molecule has 0 spiro atoms. The molecule has 182 valence electrons. The number of carbonyl (C=O) groups excluding carboxylic acids is 2. The molecule has 3 aromatic rings. The van der Waals surface area contributed by atoms with Gasteiger partial charge in [0.05, 0.1) is 18.6 Å². The van der Waals surface area contributed by atoms with Gasteiger partial charge in [0.25, 0.3) is 0 Å². The van der Waals surface area contributed by atoms with Crippen LogP contribution in [0.1, 0.15) is 54.9 Å². The summed E-state index contributed by atoms with van der Waals surface area (Å²) in [6.45, 7) is 6.87. The maximum atomic E-state index is 13.9. The van der Waals surface area contributed by atoms with Crippen LogP contribution in [0.5, 0.6) is 5.75 Å². The topological polar surface area (TPSA) is 55.8 Å². The summed E-state index contributed by atoms with van der Waals surface area (Å²) in [7, 11) is 0. The Morgan fingerprint density at radius 3 is 2.20 bits per heavy atom. The van der Waals surface area contributed by atoms with E-state index < -0.39 is 12.1 Å². The highest BCUT2D eigenvalue weighted by Crippen LogP contribution is 2.37. The van der Waals surface area contributed by atoms with Crippen LogP contribution in [0.15, 0.2) is 78.9 Å². The van der Waals surface area contributed by atoms with Gasteiger partial charge in [-0.15, -0.1) is 0 Å². The molecule has 1 fully saturated rings. The van der Waals surface area contributed by atoms with Gasteiger partial charge in [-0.3, -0.25) is 9.59 Å². The highest BCUT2D eigenvalue weighted by molar-refractivity contribution is 5.87. The standard InChI is InChI=1S/C30H33NO4/c1-21(2)26-15-10-16-27(29(26)35-19-24-13-8-5-9-14-24)22(3)30(33)31-25(20-34-28(31)18-32)17-23-11-6-4-7-12-23/h4-16,18,21-22,25,28H,17,19-20H2,1-3H3/t22-,25?,28?/m1/s1. The van der Waals surface area contributed by atoms with Gasteiger partial charge in [0.15, 0.2) is 12.5 Å². The predicted molar refractivity (Wildman–Crippen MR) is 136 cm³/mol. The zero-order valence-corrected chi connectivity index (χ0v) is 20.6. The van der Waals surface area contributed by atoms with E-state index in [1.807, 2.05) is 79.7 Å². The quantitative estimate of drug-likeness (QED) is 0.388. The first-order valence-corrected chi connectivity index (χ1v) is 12.2. The molecule has 35 heavy (non-hydrogen) atoms. The van der Waals surface area contributed by atoms with Gasteiger partial charge >= 0.3 is 0 Å². The number of benzene rings is 3. The highest BCUT2D eigenvalue weighted by atomic mass is 16.5. The average molecular weight is 472 g/mol. The van der Waals surface area contributed by atoms with Crippen LogP contribution < -0.4 is 4.74 Å². The lowest BCUT2D eigenvalue weighted by Crippen LogP contribution is -2.45. The minimum atomic E-state index is -0.874. The number of aldehydes is 1. The molecule has 1 aliphatic heterocycles. The van der Waals surface area contributed by atoms with Crippen molar-refractivity contribution in [3.63, 3.8) is 0 Å². The summed E-state index contributed by atoms with van der Waals surface area (Å²) in [5.74, 6) is 0.342. The zero-order chi connectivity index (χ0) is 24.8. The molecule has 0 aromatic heterocycles. The first-order valence-electron chi connectivity index (χ1n) is 12.2. The van der Waals surface area contributed by atoms with E-state index in [2.05, 4.69) is 19.9 Å². The van der Waals surface area contributed by atoms with Crippen molar-refractivity contribution >= 4 is 12.2 Å². The summed E-state index contributed by atoms with van der Waals surface area (Å²) in [6, 6.07) is 25.8. The van der Waals surface area contributed by atoms with Crippen LogP contribution in [-0.4, -0.2) is 36.0 Å². The number of hydrogen-bond acceptors (Lipinski definition) is 4. The molecule has 1 heterocycles. The summed E-state index contributed by atoms with van der Waals surface area (Å²) in [4.78, 5) is 27.3. The molecule has 0 saturated carbocycles. The highest BCUT2D eigenvalue weighted by Gasteiger charge is 2.40. The van der Waals surface area contributed by atoms with Crippen LogP contribution in [0.4, 0.5) is 0 Å². The molecule has 3 aromatic carbocycles. The van der Waals surface area contributed by atoms with E-state index in [1.54, 1.807) is 4.90 Å². The Balaban J connectivity index is 1.62. The smallest absolute Gasteiger partial charge is 0.232 e. The first-order chi connectivity index (χ1) is 17.0. The fraction of sp³-hybridized carbons (Fsp3) is 0.333. The van der Waals surface area contributed by atoms with E-state index in [0.717, 1.165) is 28.0 Å². The maximum Gasteiger partial charge on any atom is 0.232 e. The number of hydrogen-bond donors (Lipinski definition) is 0. The van der Waals surface area contributed by atoms with E-state index in [1.165, 1.54) is 0 Å².